The molecule has 0 saturated carbocycles. The van der Waals surface area contributed by atoms with Crippen molar-refractivity contribution < 1.29 is 14.0 Å². The van der Waals surface area contributed by atoms with Crippen molar-refractivity contribution in [2.45, 2.75) is 4.90 Å². The third-order valence-corrected chi connectivity index (χ3v) is 4.46. The van der Waals surface area contributed by atoms with Crippen LogP contribution in [0, 0.1) is 0 Å². The van der Waals surface area contributed by atoms with E-state index in [4.69, 9.17) is 16.5 Å². The highest BCUT2D eigenvalue weighted by Crippen LogP contribution is 2.58. The van der Waals surface area contributed by atoms with Gasteiger partial charge in [-0.25, -0.2) is 4.57 Å². The Morgan fingerprint density at radius 2 is 2.00 bits per heavy atom. The fourth-order valence-electron chi connectivity index (χ4n) is 0.666. The van der Waals surface area contributed by atoms with Crippen LogP contribution in [0.1, 0.15) is 0 Å². The molecular formula is C7H8ClO3PS. The molecule has 0 aromatic heterocycles. The Kier molecular flexibility index (Phi) is 3.83. The van der Waals surface area contributed by atoms with Gasteiger partial charge in [-0.1, -0.05) is 11.6 Å². The van der Waals surface area contributed by atoms with Gasteiger partial charge in [0.2, 0.25) is 0 Å². The van der Waals surface area contributed by atoms with Crippen LogP contribution in [0.2, 0.25) is 5.02 Å². The van der Waals surface area contributed by atoms with Crippen LogP contribution >= 0.6 is 29.8 Å². The van der Waals surface area contributed by atoms with Crippen LogP contribution in [0.4, 0.5) is 0 Å². The summed E-state index contributed by atoms with van der Waals surface area (Å²) >= 11 is 6.43. The van der Waals surface area contributed by atoms with E-state index in [1.165, 1.54) is 7.11 Å². The van der Waals surface area contributed by atoms with Gasteiger partial charge >= 0.3 is 6.80 Å². The summed E-state index contributed by atoms with van der Waals surface area (Å²) in [6, 6.07) is 6.63. The van der Waals surface area contributed by atoms with Gasteiger partial charge in [0.1, 0.15) is 0 Å². The molecule has 6 heteroatoms. The molecule has 0 heterocycles. The standard InChI is InChI=1S/C7H8ClO3PS/c1-11-12(9,10)13-7-4-2-6(8)3-5-7/h2-5H,1H3,(H,9,10). The number of hydrogen-bond donors (Lipinski definition) is 1. The average molecular weight is 239 g/mol. The molecule has 0 aliphatic heterocycles. The molecule has 0 radical (unpaired) electrons. The van der Waals surface area contributed by atoms with Crippen LogP contribution in [0.5, 0.6) is 0 Å². The van der Waals surface area contributed by atoms with Gasteiger partial charge in [0, 0.05) is 17.0 Å². The monoisotopic (exact) mass is 238 g/mol. The van der Waals surface area contributed by atoms with E-state index in [0.29, 0.717) is 9.92 Å². The smallest absolute Gasteiger partial charge is 0.316 e. The second-order valence-corrected chi connectivity index (χ2v) is 6.52. The molecule has 0 aliphatic carbocycles. The van der Waals surface area contributed by atoms with Gasteiger partial charge in [0.15, 0.2) is 0 Å². The lowest BCUT2D eigenvalue weighted by atomic mass is 10.4. The van der Waals surface area contributed by atoms with Crippen molar-refractivity contribution in [3.05, 3.63) is 29.3 Å². The fourth-order valence-corrected chi connectivity index (χ4v) is 2.78. The molecule has 0 aliphatic rings. The van der Waals surface area contributed by atoms with Crippen LogP contribution in [-0.4, -0.2) is 12.0 Å². The molecule has 1 aromatic rings. The van der Waals surface area contributed by atoms with E-state index in [-0.39, 0.29) is 0 Å². The Balaban J connectivity index is 2.75. The lowest BCUT2D eigenvalue weighted by Crippen LogP contribution is -1.77. The van der Waals surface area contributed by atoms with Gasteiger partial charge in [-0.05, 0) is 35.6 Å². The van der Waals surface area contributed by atoms with Crippen molar-refractivity contribution in [2.75, 3.05) is 7.11 Å². The molecule has 72 valence electrons. The normalized spacial score (nSPS) is 15.3. The fraction of sp³-hybridized carbons (Fsp3) is 0.143. The Morgan fingerprint density at radius 3 is 2.46 bits per heavy atom. The van der Waals surface area contributed by atoms with Crippen molar-refractivity contribution in [2.24, 2.45) is 0 Å². The number of halogens is 1. The molecule has 3 nitrogen and oxygen atoms in total. The third kappa shape index (κ3) is 3.71. The highest BCUT2D eigenvalue weighted by Gasteiger charge is 2.18. The minimum Gasteiger partial charge on any atom is -0.316 e. The number of hydrogen-bond acceptors (Lipinski definition) is 3. The molecule has 0 spiro atoms. The first kappa shape index (κ1) is 11.1. The highest BCUT2D eigenvalue weighted by atomic mass is 35.5. The molecule has 0 fully saturated rings. The Labute approximate surface area is 85.3 Å². The molecule has 1 aromatic carbocycles. The van der Waals surface area contributed by atoms with Gasteiger partial charge in [-0.3, -0.25) is 0 Å². The average Bonchev–Trinajstić information content (AvgIpc) is 2.09. The topological polar surface area (TPSA) is 46.5 Å². The summed E-state index contributed by atoms with van der Waals surface area (Å²) in [6.45, 7) is -3.54. The first-order chi connectivity index (χ1) is 6.03. The number of benzene rings is 1. The summed E-state index contributed by atoms with van der Waals surface area (Å²) in [5.41, 5.74) is 0. The molecule has 0 bridgehead atoms. The van der Waals surface area contributed by atoms with Crippen molar-refractivity contribution in [1.82, 2.24) is 0 Å². The van der Waals surface area contributed by atoms with Gasteiger partial charge in [-0.15, -0.1) is 0 Å². The van der Waals surface area contributed by atoms with Crippen molar-refractivity contribution in [1.29, 1.82) is 0 Å². The van der Waals surface area contributed by atoms with Crippen molar-refractivity contribution in [3.63, 3.8) is 0 Å². The Morgan fingerprint density at radius 1 is 1.46 bits per heavy atom. The highest BCUT2D eigenvalue weighted by molar-refractivity contribution is 8.54. The van der Waals surface area contributed by atoms with Crippen LogP contribution in [-0.2, 0) is 9.09 Å². The molecule has 1 N–H and O–H groups in total. The summed E-state index contributed by atoms with van der Waals surface area (Å²) in [4.78, 5) is 9.76. The van der Waals surface area contributed by atoms with Gasteiger partial charge < -0.3 is 9.42 Å². The zero-order valence-electron chi connectivity index (χ0n) is 6.81. The first-order valence-electron chi connectivity index (χ1n) is 3.37. The zero-order valence-corrected chi connectivity index (χ0v) is 9.27. The summed E-state index contributed by atoms with van der Waals surface area (Å²) in [5.74, 6) is 0. The number of rotatable bonds is 3. The lowest BCUT2D eigenvalue weighted by molar-refractivity contribution is 0.336. The minimum atomic E-state index is -3.54. The zero-order chi connectivity index (χ0) is 9.90. The third-order valence-electron chi connectivity index (χ3n) is 1.27. The summed E-state index contributed by atoms with van der Waals surface area (Å²) in [6.07, 6.45) is 0. The second-order valence-electron chi connectivity index (χ2n) is 2.20. The Bertz CT molecular complexity index is 327. The Hall–Kier alpha value is 0.01000. The first-order valence-corrected chi connectivity index (χ1v) is 6.75. The maximum absolute atomic E-state index is 11.1. The SMILES string of the molecule is COP(=O)(O)Sc1ccc(Cl)cc1. The van der Waals surface area contributed by atoms with Crippen LogP contribution < -0.4 is 0 Å². The van der Waals surface area contributed by atoms with E-state index in [1.54, 1.807) is 24.3 Å². The predicted octanol–water partition coefficient (Wildman–Crippen LogP) is 3.18. The van der Waals surface area contributed by atoms with Gasteiger partial charge in [0.05, 0.1) is 0 Å². The molecule has 0 saturated heterocycles. The minimum absolute atomic E-state index is 0.592. The van der Waals surface area contributed by atoms with Gasteiger partial charge in [0.25, 0.3) is 0 Å². The molecule has 1 atom stereocenters. The van der Waals surface area contributed by atoms with E-state index in [2.05, 4.69) is 4.52 Å². The van der Waals surface area contributed by atoms with E-state index in [0.717, 1.165) is 11.4 Å². The maximum Gasteiger partial charge on any atom is 0.391 e. The molecule has 0 amide bonds. The van der Waals surface area contributed by atoms with Crippen molar-refractivity contribution >= 4 is 29.8 Å². The lowest BCUT2D eigenvalue weighted by Gasteiger charge is -2.06. The van der Waals surface area contributed by atoms with E-state index < -0.39 is 6.80 Å². The van der Waals surface area contributed by atoms with Gasteiger partial charge in [-0.2, -0.15) is 0 Å². The quantitative estimate of drug-likeness (QED) is 0.822. The molecule has 1 unspecified atom stereocenters. The molecular weight excluding hydrogens is 231 g/mol. The van der Waals surface area contributed by atoms with E-state index in [1.807, 2.05) is 0 Å². The van der Waals surface area contributed by atoms with Crippen LogP contribution in [0.25, 0.3) is 0 Å². The molecule has 13 heavy (non-hydrogen) atoms. The second kappa shape index (κ2) is 4.49. The predicted molar refractivity (Wildman–Crippen MR) is 54.1 cm³/mol. The molecule has 1 rings (SSSR count). The van der Waals surface area contributed by atoms with E-state index in [9.17, 15) is 4.57 Å². The van der Waals surface area contributed by atoms with E-state index >= 15 is 0 Å². The van der Waals surface area contributed by atoms with Crippen LogP contribution in [0.15, 0.2) is 29.2 Å². The summed E-state index contributed by atoms with van der Waals surface area (Å²) in [5, 5.41) is 0.592. The summed E-state index contributed by atoms with van der Waals surface area (Å²) in [7, 11) is 1.20. The summed E-state index contributed by atoms with van der Waals surface area (Å²) < 4.78 is 15.5. The van der Waals surface area contributed by atoms with Crippen LogP contribution in [0.3, 0.4) is 0 Å². The van der Waals surface area contributed by atoms with Crippen molar-refractivity contribution in [3.8, 4) is 0 Å². The maximum atomic E-state index is 11.1. The largest absolute Gasteiger partial charge is 0.391 e.